The molecule has 0 aliphatic carbocycles. The molecule has 9 heteroatoms. The van der Waals surface area contributed by atoms with Gasteiger partial charge in [-0.25, -0.2) is 9.59 Å². The largest absolute Gasteiger partial charge is 0.467 e. The third-order valence-corrected chi connectivity index (χ3v) is 4.80. The van der Waals surface area contributed by atoms with Crippen molar-refractivity contribution in [2.45, 2.75) is 19.4 Å². The number of benzene rings is 1. The fourth-order valence-corrected chi connectivity index (χ4v) is 3.41. The molecule has 2 aromatic heterocycles. The maximum atomic E-state index is 12.8. The molecule has 1 unspecified atom stereocenters. The van der Waals surface area contributed by atoms with Crippen molar-refractivity contribution in [1.82, 2.24) is 19.4 Å². The van der Waals surface area contributed by atoms with Crippen molar-refractivity contribution < 1.29 is 14.3 Å². The van der Waals surface area contributed by atoms with Crippen LogP contribution in [-0.4, -0.2) is 39.1 Å². The Hall–Kier alpha value is -3.62. The summed E-state index contributed by atoms with van der Waals surface area (Å²) in [7, 11) is 4.21. The Morgan fingerprint density at radius 2 is 1.90 bits per heavy atom. The highest BCUT2D eigenvalue weighted by Gasteiger charge is 2.26. The molecule has 3 rings (SSSR count). The van der Waals surface area contributed by atoms with Crippen molar-refractivity contribution in [1.29, 1.82) is 0 Å². The maximum Gasteiger partial charge on any atom is 0.330 e. The zero-order valence-electron chi connectivity index (χ0n) is 16.6. The average molecular weight is 398 g/mol. The van der Waals surface area contributed by atoms with Gasteiger partial charge in [0.05, 0.1) is 18.4 Å². The Morgan fingerprint density at radius 3 is 2.55 bits per heavy atom. The van der Waals surface area contributed by atoms with E-state index in [1.165, 1.54) is 31.8 Å². The van der Waals surface area contributed by atoms with Gasteiger partial charge in [0.2, 0.25) is 5.91 Å². The molecule has 0 aliphatic heterocycles. The van der Waals surface area contributed by atoms with Gasteiger partial charge in [-0.3, -0.25) is 14.2 Å². The number of aromatic nitrogens is 3. The molecule has 2 N–H and O–H groups in total. The Morgan fingerprint density at radius 1 is 1.21 bits per heavy atom. The van der Waals surface area contributed by atoms with Crippen LogP contribution in [0.4, 0.5) is 0 Å². The number of ether oxygens (including phenoxy) is 1. The molecule has 0 spiro atoms. The van der Waals surface area contributed by atoms with E-state index in [1.54, 1.807) is 7.05 Å². The number of carbonyl (C=O) groups is 2. The molecule has 1 atom stereocenters. The summed E-state index contributed by atoms with van der Waals surface area (Å²) < 4.78 is 7.16. The summed E-state index contributed by atoms with van der Waals surface area (Å²) in [5, 5.41) is 3.40. The molecule has 29 heavy (non-hydrogen) atoms. The minimum atomic E-state index is -0.924. The van der Waals surface area contributed by atoms with Crippen LogP contribution in [0.5, 0.6) is 0 Å². The first-order valence-corrected chi connectivity index (χ1v) is 8.96. The molecular formula is C20H22N4O5. The second-order valence-corrected chi connectivity index (χ2v) is 6.80. The standard InChI is InChI=1S/C20H22N4O5/c1-11(25)21-16(19(27)29-4)9-13-12-7-5-6-8-15(12)22-17(13)14-10-23(2)20(28)24(3)18(14)26/h5-8,10,16,22H,9H2,1-4H3,(H,21,25). The third kappa shape index (κ3) is 3.71. The number of para-hydroxylation sites is 1. The fourth-order valence-electron chi connectivity index (χ4n) is 3.41. The first kappa shape index (κ1) is 20.1. The number of H-pyrrole nitrogens is 1. The number of methoxy groups -OCH3 is 1. The smallest absolute Gasteiger partial charge is 0.330 e. The van der Waals surface area contributed by atoms with E-state index in [2.05, 4.69) is 10.3 Å². The normalized spacial score (nSPS) is 12.0. The van der Waals surface area contributed by atoms with E-state index < -0.39 is 23.3 Å². The van der Waals surface area contributed by atoms with Crippen molar-refractivity contribution in [3.05, 3.63) is 56.9 Å². The van der Waals surface area contributed by atoms with E-state index in [-0.39, 0.29) is 17.9 Å². The molecule has 0 radical (unpaired) electrons. The van der Waals surface area contributed by atoms with E-state index in [0.717, 1.165) is 15.5 Å². The van der Waals surface area contributed by atoms with E-state index >= 15 is 0 Å². The van der Waals surface area contributed by atoms with Crippen molar-refractivity contribution in [2.75, 3.05) is 7.11 Å². The van der Waals surface area contributed by atoms with Gasteiger partial charge in [-0.15, -0.1) is 0 Å². The second-order valence-electron chi connectivity index (χ2n) is 6.80. The van der Waals surface area contributed by atoms with Crippen LogP contribution < -0.4 is 16.6 Å². The monoisotopic (exact) mass is 398 g/mol. The van der Waals surface area contributed by atoms with Gasteiger partial charge in [-0.1, -0.05) is 18.2 Å². The van der Waals surface area contributed by atoms with Crippen LogP contribution >= 0.6 is 0 Å². The first-order valence-electron chi connectivity index (χ1n) is 8.96. The zero-order chi connectivity index (χ0) is 21.3. The van der Waals surface area contributed by atoms with Gasteiger partial charge in [0.15, 0.2) is 0 Å². The lowest BCUT2D eigenvalue weighted by molar-refractivity contribution is -0.144. The summed E-state index contributed by atoms with van der Waals surface area (Å²) in [5.74, 6) is -0.968. The Bertz CT molecular complexity index is 1220. The summed E-state index contributed by atoms with van der Waals surface area (Å²) in [5.41, 5.74) is 1.30. The second kappa shape index (κ2) is 7.78. The summed E-state index contributed by atoms with van der Waals surface area (Å²) in [6.45, 7) is 1.31. The number of carbonyl (C=O) groups excluding carboxylic acids is 2. The SMILES string of the molecule is COC(=O)C(Cc1c(-c2cn(C)c(=O)n(C)c2=O)[nH]c2ccccc12)NC(C)=O. The Balaban J connectivity index is 2.25. The van der Waals surface area contributed by atoms with Gasteiger partial charge in [0.1, 0.15) is 6.04 Å². The number of esters is 1. The molecule has 0 saturated carbocycles. The number of rotatable bonds is 5. The van der Waals surface area contributed by atoms with Crippen LogP contribution in [0.1, 0.15) is 12.5 Å². The van der Waals surface area contributed by atoms with Gasteiger partial charge in [-0.2, -0.15) is 0 Å². The van der Waals surface area contributed by atoms with E-state index in [9.17, 15) is 19.2 Å². The highest BCUT2D eigenvalue weighted by Crippen LogP contribution is 2.29. The van der Waals surface area contributed by atoms with Crippen molar-refractivity contribution >= 4 is 22.8 Å². The van der Waals surface area contributed by atoms with Crippen molar-refractivity contribution in [2.24, 2.45) is 14.1 Å². The molecular weight excluding hydrogens is 376 g/mol. The van der Waals surface area contributed by atoms with E-state index in [0.29, 0.717) is 11.3 Å². The lowest BCUT2D eigenvalue weighted by Gasteiger charge is -2.16. The van der Waals surface area contributed by atoms with E-state index in [4.69, 9.17) is 4.74 Å². The van der Waals surface area contributed by atoms with Gasteiger partial charge in [0, 0.05) is 44.5 Å². The quantitative estimate of drug-likeness (QED) is 0.606. The van der Waals surface area contributed by atoms with Gasteiger partial charge < -0.3 is 19.6 Å². The predicted molar refractivity (Wildman–Crippen MR) is 108 cm³/mol. The Kier molecular flexibility index (Phi) is 5.40. The molecule has 152 valence electrons. The van der Waals surface area contributed by atoms with Crippen LogP contribution in [0.15, 0.2) is 40.1 Å². The molecule has 0 aliphatic rings. The van der Waals surface area contributed by atoms with Crippen LogP contribution in [-0.2, 0) is 34.8 Å². The molecule has 1 amide bonds. The maximum absolute atomic E-state index is 12.8. The lowest BCUT2D eigenvalue weighted by Crippen LogP contribution is -2.42. The molecule has 0 bridgehead atoms. The molecule has 0 fully saturated rings. The van der Waals surface area contributed by atoms with E-state index in [1.807, 2.05) is 24.3 Å². The molecule has 1 aromatic carbocycles. The molecule has 0 saturated heterocycles. The number of hydrogen-bond acceptors (Lipinski definition) is 5. The van der Waals surface area contributed by atoms with Gasteiger partial charge >= 0.3 is 11.7 Å². The number of fused-ring (bicyclic) bond motifs is 1. The van der Waals surface area contributed by atoms with Crippen LogP contribution in [0.3, 0.4) is 0 Å². The summed E-state index contributed by atoms with van der Waals surface area (Å²) >= 11 is 0. The van der Waals surface area contributed by atoms with Gasteiger partial charge in [0.25, 0.3) is 5.56 Å². The zero-order valence-corrected chi connectivity index (χ0v) is 16.6. The fraction of sp³-hybridized carbons (Fsp3) is 0.300. The van der Waals surface area contributed by atoms with Gasteiger partial charge in [-0.05, 0) is 11.6 Å². The summed E-state index contributed by atoms with van der Waals surface area (Å²) in [4.78, 5) is 51.9. The summed E-state index contributed by atoms with van der Waals surface area (Å²) in [6, 6.07) is 6.47. The lowest BCUT2D eigenvalue weighted by atomic mass is 9.99. The van der Waals surface area contributed by atoms with Crippen LogP contribution in [0.25, 0.3) is 22.2 Å². The molecule has 9 nitrogen and oxygen atoms in total. The average Bonchev–Trinajstić information content (AvgIpc) is 3.06. The first-order chi connectivity index (χ1) is 13.7. The highest BCUT2D eigenvalue weighted by atomic mass is 16.5. The van der Waals surface area contributed by atoms with Crippen molar-refractivity contribution in [3.8, 4) is 11.3 Å². The Labute approximate surface area is 165 Å². The highest BCUT2D eigenvalue weighted by molar-refractivity contribution is 5.92. The number of hydrogen-bond donors (Lipinski definition) is 2. The topological polar surface area (TPSA) is 115 Å². The number of aromatic amines is 1. The molecule has 3 aromatic rings. The summed E-state index contributed by atoms with van der Waals surface area (Å²) in [6.07, 6.45) is 1.57. The van der Waals surface area contributed by atoms with Crippen molar-refractivity contribution in [3.63, 3.8) is 0 Å². The minimum absolute atomic E-state index is 0.109. The van der Waals surface area contributed by atoms with Crippen LogP contribution in [0.2, 0.25) is 0 Å². The number of nitrogens with zero attached hydrogens (tertiary/aromatic N) is 2. The van der Waals surface area contributed by atoms with Crippen LogP contribution in [0, 0.1) is 0 Å². The molecule has 2 heterocycles. The number of aryl methyl sites for hydroxylation is 1. The third-order valence-electron chi connectivity index (χ3n) is 4.80. The minimum Gasteiger partial charge on any atom is -0.467 e. The predicted octanol–water partition coefficient (Wildman–Crippen LogP) is 0.452. The number of amides is 1. The number of nitrogens with one attached hydrogen (secondary N) is 2.